The predicted octanol–water partition coefficient (Wildman–Crippen LogP) is 1.76. The van der Waals surface area contributed by atoms with Crippen molar-refractivity contribution in [3.05, 3.63) is 35.4 Å². The van der Waals surface area contributed by atoms with Crippen LogP contribution >= 0.6 is 11.8 Å². The minimum atomic E-state index is 0.530. The van der Waals surface area contributed by atoms with Crippen LogP contribution in [0.5, 0.6) is 0 Å². The van der Waals surface area contributed by atoms with E-state index in [-0.39, 0.29) is 0 Å². The van der Waals surface area contributed by atoms with Crippen molar-refractivity contribution in [3.8, 4) is 0 Å². The smallest absolute Gasteiger partial charge is 0.209 e. The largest absolute Gasteiger partial charge is 0.326 e. The molecule has 5 nitrogen and oxygen atoms in total. The van der Waals surface area contributed by atoms with Crippen molar-refractivity contribution in [1.29, 1.82) is 0 Å². The molecule has 6 heteroatoms. The second-order valence-electron chi connectivity index (χ2n) is 4.45. The summed E-state index contributed by atoms with van der Waals surface area (Å²) in [6.07, 6.45) is 2.40. The number of hydrogen-bond donors (Lipinski definition) is 1. The molecule has 3 rings (SSSR count). The van der Waals surface area contributed by atoms with Crippen LogP contribution in [-0.2, 0) is 12.3 Å². The maximum absolute atomic E-state index is 5.58. The predicted molar refractivity (Wildman–Crippen MR) is 70.0 cm³/mol. The third kappa shape index (κ3) is 2.54. The summed E-state index contributed by atoms with van der Waals surface area (Å²) >= 11 is 1.68. The third-order valence-corrected chi connectivity index (χ3v) is 3.99. The second-order valence-corrected chi connectivity index (χ2v) is 5.39. The van der Waals surface area contributed by atoms with E-state index in [4.69, 9.17) is 5.73 Å². The van der Waals surface area contributed by atoms with Crippen molar-refractivity contribution in [2.45, 2.75) is 36.3 Å². The van der Waals surface area contributed by atoms with Gasteiger partial charge in [-0.3, -0.25) is 0 Å². The molecule has 1 saturated carbocycles. The summed E-state index contributed by atoms with van der Waals surface area (Å²) in [6.45, 7) is 0.591. The zero-order valence-corrected chi connectivity index (χ0v) is 10.8. The highest BCUT2D eigenvalue weighted by Gasteiger charge is 2.27. The van der Waals surface area contributed by atoms with Crippen molar-refractivity contribution in [1.82, 2.24) is 20.2 Å². The van der Waals surface area contributed by atoms with Crippen molar-refractivity contribution >= 4 is 11.8 Å². The molecule has 0 aliphatic heterocycles. The van der Waals surface area contributed by atoms with Crippen LogP contribution in [-0.4, -0.2) is 20.2 Å². The highest BCUT2D eigenvalue weighted by atomic mass is 32.2. The molecule has 2 aromatic rings. The van der Waals surface area contributed by atoms with Crippen molar-refractivity contribution < 1.29 is 0 Å². The fourth-order valence-electron chi connectivity index (χ4n) is 1.75. The van der Waals surface area contributed by atoms with Crippen LogP contribution in [0, 0.1) is 0 Å². The summed E-state index contributed by atoms with van der Waals surface area (Å²) in [5.41, 5.74) is 8.00. The molecule has 18 heavy (non-hydrogen) atoms. The Bertz CT molecular complexity index is 518. The first-order valence-corrected chi connectivity index (χ1v) is 7.04. The molecule has 0 spiro atoms. The first kappa shape index (κ1) is 11.7. The third-order valence-electron chi connectivity index (χ3n) is 2.98. The fraction of sp³-hybridized carbons (Fsp3) is 0.417. The Kier molecular flexibility index (Phi) is 3.29. The van der Waals surface area contributed by atoms with E-state index in [1.165, 1.54) is 18.4 Å². The average molecular weight is 261 g/mol. The molecule has 0 amide bonds. The van der Waals surface area contributed by atoms with Crippen LogP contribution in [0.2, 0.25) is 0 Å². The molecule has 0 saturated heterocycles. The maximum Gasteiger partial charge on any atom is 0.209 e. The van der Waals surface area contributed by atoms with Crippen LogP contribution in [0.3, 0.4) is 0 Å². The topological polar surface area (TPSA) is 69.6 Å². The van der Waals surface area contributed by atoms with Gasteiger partial charge in [-0.15, -0.1) is 5.10 Å². The van der Waals surface area contributed by atoms with E-state index in [0.29, 0.717) is 12.6 Å². The molecule has 1 fully saturated rings. The van der Waals surface area contributed by atoms with Gasteiger partial charge in [0.25, 0.3) is 0 Å². The number of hydrogen-bond acceptors (Lipinski definition) is 5. The Balaban J connectivity index is 1.64. The summed E-state index contributed by atoms with van der Waals surface area (Å²) in [7, 11) is 0. The zero-order chi connectivity index (χ0) is 12.4. The van der Waals surface area contributed by atoms with Crippen LogP contribution < -0.4 is 5.73 Å². The first-order valence-electron chi connectivity index (χ1n) is 6.05. The lowest BCUT2D eigenvalue weighted by Crippen LogP contribution is -1.99. The Labute approximate surface area is 110 Å². The Morgan fingerprint density at radius 2 is 1.94 bits per heavy atom. The van der Waals surface area contributed by atoms with Gasteiger partial charge in [-0.05, 0) is 34.4 Å². The maximum atomic E-state index is 5.58. The van der Waals surface area contributed by atoms with Gasteiger partial charge in [0.1, 0.15) is 0 Å². The molecule has 0 radical (unpaired) electrons. The molecule has 0 unspecified atom stereocenters. The molecular formula is C12H15N5S. The van der Waals surface area contributed by atoms with Crippen LogP contribution in [0.4, 0.5) is 0 Å². The molecular weight excluding hydrogens is 246 g/mol. The van der Waals surface area contributed by atoms with Crippen molar-refractivity contribution in [3.63, 3.8) is 0 Å². The average Bonchev–Trinajstić information content (AvgIpc) is 3.16. The molecule has 94 valence electrons. The summed E-state index contributed by atoms with van der Waals surface area (Å²) in [6, 6.07) is 8.89. The number of benzene rings is 1. The van der Waals surface area contributed by atoms with E-state index in [1.807, 2.05) is 4.68 Å². The molecule has 1 aromatic carbocycles. The summed E-state index contributed by atoms with van der Waals surface area (Å²) in [5.74, 6) is 0.887. The van der Waals surface area contributed by atoms with Gasteiger partial charge in [0.05, 0.1) is 6.04 Å². The second kappa shape index (κ2) is 5.07. The van der Waals surface area contributed by atoms with E-state index in [1.54, 1.807) is 11.8 Å². The first-order chi connectivity index (χ1) is 8.86. The molecule has 0 bridgehead atoms. The van der Waals surface area contributed by atoms with E-state index < -0.39 is 0 Å². The standard InChI is InChI=1S/C12H15N5S/c13-7-9-1-3-10(4-2-9)8-18-12-14-15-16-17(12)11-5-6-11/h1-4,11H,5-8,13H2. The minimum absolute atomic E-state index is 0.530. The highest BCUT2D eigenvalue weighted by Crippen LogP contribution is 2.36. The van der Waals surface area contributed by atoms with Crippen molar-refractivity contribution in [2.24, 2.45) is 5.73 Å². The molecule has 1 aliphatic rings. The Morgan fingerprint density at radius 1 is 1.22 bits per heavy atom. The van der Waals surface area contributed by atoms with Gasteiger partial charge < -0.3 is 5.73 Å². The molecule has 1 heterocycles. The molecule has 1 aliphatic carbocycles. The monoisotopic (exact) mass is 261 g/mol. The zero-order valence-electron chi connectivity index (χ0n) is 9.99. The summed E-state index contributed by atoms with van der Waals surface area (Å²) < 4.78 is 1.94. The van der Waals surface area contributed by atoms with E-state index in [2.05, 4.69) is 39.8 Å². The number of rotatable bonds is 5. The minimum Gasteiger partial charge on any atom is -0.326 e. The highest BCUT2D eigenvalue weighted by molar-refractivity contribution is 7.98. The summed E-state index contributed by atoms with van der Waals surface area (Å²) in [4.78, 5) is 0. The number of nitrogens with zero attached hydrogens (tertiary/aromatic N) is 4. The normalized spacial score (nSPS) is 14.9. The van der Waals surface area contributed by atoms with Gasteiger partial charge in [0.2, 0.25) is 5.16 Å². The quantitative estimate of drug-likeness (QED) is 0.830. The number of aromatic nitrogens is 4. The van der Waals surface area contributed by atoms with Gasteiger partial charge in [-0.1, -0.05) is 36.0 Å². The molecule has 1 aromatic heterocycles. The van der Waals surface area contributed by atoms with Gasteiger partial charge in [-0.2, -0.15) is 0 Å². The van der Waals surface area contributed by atoms with E-state index >= 15 is 0 Å². The number of tetrazole rings is 1. The lowest BCUT2D eigenvalue weighted by atomic mass is 10.1. The van der Waals surface area contributed by atoms with Gasteiger partial charge in [0.15, 0.2) is 0 Å². The van der Waals surface area contributed by atoms with Crippen LogP contribution in [0.1, 0.15) is 30.0 Å². The van der Waals surface area contributed by atoms with Crippen LogP contribution in [0.25, 0.3) is 0 Å². The summed E-state index contributed by atoms with van der Waals surface area (Å²) in [5, 5.41) is 12.8. The lowest BCUT2D eigenvalue weighted by molar-refractivity contribution is 0.565. The fourth-order valence-corrected chi connectivity index (χ4v) is 2.65. The Hall–Kier alpha value is -1.40. The van der Waals surface area contributed by atoms with Gasteiger partial charge in [0, 0.05) is 12.3 Å². The SMILES string of the molecule is NCc1ccc(CSc2nnnn2C2CC2)cc1. The molecule has 2 N–H and O–H groups in total. The molecule has 0 atom stereocenters. The number of thioether (sulfide) groups is 1. The van der Waals surface area contributed by atoms with Gasteiger partial charge >= 0.3 is 0 Å². The number of nitrogens with two attached hydrogens (primary N) is 1. The van der Waals surface area contributed by atoms with E-state index in [0.717, 1.165) is 16.5 Å². The lowest BCUT2D eigenvalue weighted by Gasteiger charge is -2.03. The van der Waals surface area contributed by atoms with Crippen molar-refractivity contribution in [2.75, 3.05) is 0 Å². The van der Waals surface area contributed by atoms with Crippen LogP contribution in [0.15, 0.2) is 29.4 Å². The Morgan fingerprint density at radius 3 is 2.61 bits per heavy atom. The van der Waals surface area contributed by atoms with Gasteiger partial charge in [-0.25, -0.2) is 4.68 Å². The van der Waals surface area contributed by atoms with E-state index in [9.17, 15) is 0 Å².